The van der Waals surface area contributed by atoms with Gasteiger partial charge in [-0.3, -0.25) is 19.1 Å². The minimum absolute atomic E-state index is 0.212. The fraction of sp³-hybridized carbons (Fsp3) is 0.615. The summed E-state index contributed by atoms with van der Waals surface area (Å²) < 4.78 is 6.04. The molecule has 1 aliphatic heterocycles. The van der Waals surface area contributed by atoms with Crippen molar-refractivity contribution in [3.63, 3.8) is 0 Å². The molecule has 2 heterocycles. The number of carbonyl (C=O) groups excluding carboxylic acids is 1. The number of aromatic nitrogens is 2. The van der Waals surface area contributed by atoms with Gasteiger partial charge in [0.15, 0.2) is 0 Å². The molecule has 0 bridgehead atoms. The zero-order chi connectivity index (χ0) is 14.7. The fourth-order valence-electron chi connectivity index (χ4n) is 2.36. The smallest absolute Gasteiger partial charge is 0.329 e. The summed E-state index contributed by atoms with van der Waals surface area (Å²) in [7, 11) is 1.42. The molecule has 1 fully saturated rings. The van der Waals surface area contributed by atoms with Gasteiger partial charge in [0.25, 0.3) is 5.56 Å². The number of rotatable bonds is 3. The van der Waals surface area contributed by atoms with E-state index in [0.717, 1.165) is 17.4 Å². The SMILES string of the molecule is CCOC(=O)C1CCCN(c2cc(=O)n(C)c(=O)[nH]2)C1. The maximum atomic E-state index is 11.8. The summed E-state index contributed by atoms with van der Waals surface area (Å²) in [5.74, 6) is 0.0340. The molecule has 20 heavy (non-hydrogen) atoms. The lowest BCUT2D eigenvalue weighted by Gasteiger charge is -2.32. The molecule has 0 saturated carbocycles. The number of carbonyl (C=O) groups is 1. The van der Waals surface area contributed by atoms with Crippen LogP contribution in [0.3, 0.4) is 0 Å². The van der Waals surface area contributed by atoms with Crippen molar-refractivity contribution in [3.05, 3.63) is 26.9 Å². The standard InChI is InChI=1S/C13H19N3O4/c1-3-20-12(18)9-5-4-6-16(8-9)10-7-11(17)15(2)13(19)14-10/h7,9H,3-6,8H2,1-2H3,(H,14,19). The fourth-order valence-corrected chi connectivity index (χ4v) is 2.36. The molecule has 1 atom stereocenters. The van der Waals surface area contributed by atoms with Gasteiger partial charge < -0.3 is 9.64 Å². The molecule has 0 spiro atoms. The number of nitrogens with one attached hydrogen (secondary N) is 1. The predicted molar refractivity (Wildman–Crippen MR) is 73.9 cm³/mol. The molecule has 7 nitrogen and oxygen atoms in total. The molecule has 1 N–H and O–H groups in total. The molecular weight excluding hydrogens is 262 g/mol. The molecule has 1 aromatic rings. The predicted octanol–water partition coefficient (Wildman–Crippen LogP) is -0.147. The number of hydrogen-bond donors (Lipinski definition) is 1. The molecule has 1 saturated heterocycles. The Morgan fingerprint density at radius 2 is 2.25 bits per heavy atom. The maximum absolute atomic E-state index is 11.8. The van der Waals surface area contributed by atoms with Gasteiger partial charge in [-0.15, -0.1) is 0 Å². The van der Waals surface area contributed by atoms with E-state index in [4.69, 9.17) is 4.74 Å². The molecule has 7 heteroatoms. The number of hydrogen-bond acceptors (Lipinski definition) is 5. The van der Waals surface area contributed by atoms with Crippen LogP contribution in [-0.4, -0.2) is 35.2 Å². The van der Waals surface area contributed by atoms with Gasteiger partial charge in [0.05, 0.1) is 12.5 Å². The van der Waals surface area contributed by atoms with Crippen LogP contribution in [0.5, 0.6) is 0 Å². The molecule has 0 aliphatic carbocycles. The van der Waals surface area contributed by atoms with Crippen LogP contribution in [0.2, 0.25) is 0 Å². The number of anilines is 1. The van der Waals surface area contributed by atoms with Crippen molar-refractivity contribution in [2.24, 2.45) is 13.0 Å². The van der Waals surface area contributed by atoms with Crippen molar-refractivity contribution in [2.45, 2.75) is 19.8 Å². The van der Waals surface area contributed by atoms with Crippen molar-refractivity contribution in [3.8, 4) is 0 Å². The highest BCUT2D eigenvalue weighted by Crippen LogP contribution is 2.21. The van der Waals surface area contributed by atoms with Gasteiger partial charge in [0.1, 0.15) is 5.82 Å². The lowest BCUT2D eigenvalue weighted by atomic mass is 9.98. The van der Waals surface area contributed by atoms with E-state index in [1.54, 1.807) is 6.92 Å². The molecule has 110 valence electrons. The number of H-pyrrole nitrogens is 1. The molecule has 1 aliphatic rings. The first-order valence-corrected chi connectivity index (χ1v) is 6.75. The average molecular weight is 281 g/mol. The summed E-state index contributed by atoms with van der Waals surface area (Å²) >= 11 is 0. The van der Waals surface area contributed by atoms with E-state index in [9.17, 15) is 14.4 Å². The minimum Gasteiger partial charge on any atom is -0.466 e. The first kappa shape index (κ1) is 14.4. The van der Waals surface area contributed by atoms with Crippen molar-refractivity contribution >= 4 is 11.8 Å². The highest BCUT2D eigenvalue weighted by atomic mass is 16.5. The Bertz CT molecular complexity index is 573. The lowest BCUT2D eigenvalue weighted by molar-refractivity contribution is -0.148. The van der Waals surface area contributed by atoms with Gasteiger partial charge in [-0.1, -0.05) is 0 Å². The first-order valence-electron chi connectivity index (χ1n) is 6.75. The van der Waals surface area contributed by atoms with E-state index in [-0.39, 0.29) is 17.4 Å². The van der Waals surface area contributed by atoms with Gasteiger partial charge >= 0.3 is 11.7 Å². The normalized spacial score (nSPS) is 18.9. The Morgan fingerprint density at radius 3 is 2.90 bits per heavy atom. The Morgan fingerprint density at radius 1 is 1.50 bits per heavy atom. The first-order chi connectivity index (χ1) is 9.52. The van der Waals surface area contributed by atoms with Crippen LogP contribution >= 0.6 is 0 Å². The van der Waals surface area contributed by atoms with E-state index in [1.165, 1.54) is 13.1 Å². The summed E-state index contributed by atoms with van der Waals surface area (Å²) in [4.78, 5) is 39.5. The number of nitrogens with zero attached hydrogens (tertiary/aromatic N) is 2. The summed E-state index contributed by atoms with van der Waals surface area (Å²) in [6, 6.07) is 1.38. The van der Waals surface area contributed by atoms with Crippen molar-refractivity contribution in [1.29, 1.82) is 0 Å². The molecule has 0 radical (unpaired) electrons. The van der Waals surface area contributed by atoms with Crippen LogP contribution in [0.15, 0.2) is 15.7 Å². The van der Waals surface area contributed by atoms with Crippen LogP contribution in [0.25, 0.3) is 0 Å². The topological polar surface area (TPSA) is 84.4 Å². The van der Waals surface area contributed by atoms with Crippen molar-refractivity contribution in [1.82, 2.24) is 9.55 Å². The summed E-state index contributed by atoms with van der Waals surface area (Å²) in [5, 5.41) is 0. The summed E-state index contributed by atoms with van der Waals surface area (Å²) in [6.07, 6.45) is 1.59. The van der Waals surface area contributed by atoms with Gasteiger partial charge in [0, 0.05) is 26.2 Å². The van der Waals surface area contributed by atoms with Crippen LogP contribution in [-0.2, 0) is 16.6 Å². The molecule has 0 amide bonds. The van der Waals surface area contributed by atoms with Gasteiger partial charge in [0.2, 0.25) is 0 Å². The number of esters is 1. The lowest BCUT2D eigenvalue weighted by Crippen LogP contribution is -2.42. The zero-order valence-corrected chi connectivity index (χ0v) is 11.7. The van der Waals surface area contributed by atoms with Crippen molar-refractivity contribution < 1.29 is 9.53 Å². The van der Waals surface area contributed by atoms with E-state index in [2.05, 4.69) is 4.98 Å². The third-order valence-electron chi connectivity index (χ3n) is 3.51. The maximum Gasteiger partial charge on any atom is 0.329 e. The summed E-state index contributed by atoms with van der Waals surface area (Å²) in [6.45, 7) is 3.30. The number of aromatic amines is 1. The Labute approximate surface area is 116 Å². The molecule has 2 rings (SSSR count). The zero-order valence-electron chi connectivity index (χ0n) is 11.7. The molecule has 1 aromatic heterocycles. The van der Waals surface area contributed by atoms with Crippen LogP contribution < -0.4 is 16.1 Å². The van der Waals surface area contributed by atoms with Crippen LogP contribution in [0.4, 0.5) is 5.82 Å². The van der Waals surface area contributed by atoms with Crippen molar-refractivity contribution in [2.75, 3.05) is 24.6 Å². The van der Waals surface area contributed by atoms with E-state index < -0.39 is 5.69 Å². The second kappa shape index (κ2) is 5.94. The monoisotopic (exact) mass is 281 g/mol. The molecule has 0 aromatic carbocycles. The number of piperidine rings is 1. The second-order valence-electron chi connectivity index (χ2n) is 4.89. The minimum atomic E-state index is -0.453. The number of ether oxygens (including phenoxy) is 1. The summed E-state index contributed by atoms with van der Waals surface area (Å²) in [5.41, 5.74) is -0.812. The van der Waals surface area contributed by atoms with E-state index in [0.29, 0.717) is 25.5 Å². The van der Waals surface area contributed by atoms with Crippen LogP contribution in [0, 0.1) is 5.92 Å². The van der Waals surface area contributed by atoms with Crippen LogP contribution in [0.1, 0.15) is 19.8 Å². The quantitative estimate of drug-likeness (QED) is 0.779. The Hall–Kier alpha value is -2.05. The Balaban J connectivity index is 2.19. The third kappa shape index (κ3) is 2.92. The highest BCUT2D eigenvalue weighted by Gasteiger charge is 2.27. The average Bonchev–Trinajstić information content (AvgIpc) is 2.44. The third-order valence-corrected chi connectivity index (χ3v) is 3.51. The molecular formula is C13H19N3O4. The van der Waals surface area contributed by atoms with Gasteiger partial charge in [-0.2, -0.15) is 0 Å². The Kier molecular flexibility index (Phi) is 4.26. The largest absolute Gasteiger partial charge is 0.466 e. The highest BCUT2D eigenvalue weighted by molar-refractivity contribution is 5.73. The van der Waals surface area contributed by atoms with Gasteiger partial charge in [-0.25, -0.2) is 4.79 Å². The second-order valence-corrected chi connectivity index (χ2v) is 4.89. The van der Waals surface area contributed by atoms with E-state index in [1.807, 2.05) is 4.90 Å². The molecule has 1 unspecified atom stereocenters. The van der Waals surface area contributed by atoms with Gasteiger partial charge in [-0.05, 0) is 19.8 Å². The van der Waals surface area contributed by atoms with E-state index >= 15 is 0 Å².